The van der Waals surface area contributed by atoms with Crippen LogP contribution in [0.25, 0.3) is 0 Å². The van der Waals surface area contributed by atoms with Crippen molar-refractivity contribution in [1.29, 1.82) is 0 Å². The fourth-order valence-electron chi connectivity index (χ4n) is 1.48. The molecule has 0 amide bonds. The molecule has 3 N–H and O–H groups in total. The molecular formula is C11H21N3O2. The Kier molecular flexibility index (Phi) is 5.45. The molecule has 92 valence electrons. The molecule has 1 unspecified atom stereocenters. The molecule has 0 saturated carbocycles. The van der Waals surface area contributed by atoms with E-state index >= 15 is 0 Å². The highest BCUT2D eigenvalue weighted by molar-refractivity contribution is 5.03. The number of aliphatic hydroxyl groups is 2. The molecule has 1 atom stereocenters. The van der Waals surface area contributed by atoms with Crippen LogP contribution in [0.15, 0.2) is 12.4 Å². The minimum absolute atomic E-state index is 0.0970. The first-order valence-electron chi connectivity index (χ1n) is 5.63. The molecule has 0 aromatic carbocycles. The van der Waals surface area contributed by atoms with Crippen molar-refractivity contribution in [3.05, 3.63) is 18.0 Å². The van der Waals surface area contributed by atoms with Crippen molar-refractivity contribution in [3.63, 3.8) is 0 Å². The maximum absolute atomic E-state index is 9.15. The van der Waals surface area contributed by atoms with Gasteiger partial charge in [0.05, 0.1) is 26.0 Å². The normalized spacial score (nSPS) is 13.3. The lowest BCUT2D eigenvalue weighted by Crippen LogP contribution is -2.36. The summed E-state index contributed by atoms with van der Waals surface area (Å²) in [6, 6.07) is 0.112. The van der Waals surface area contributed by atoms with E-state index in [2.05, 4.69) is 24.3 Å². The zero-order chi connectivity index (χ0) is 12.0. The standard InChI is InChI=1S/C11H21N3O2/c1-9(2)11(8-16)12-5-10-6-13-14(7-10)3-4-15/h6-7,9,11-12,15-16H,3-5,8H2,1-2H3. The van der Waals surface area contributed by atoms with Crippen LogP contribution in [0.5, 0.6) is 0 Å². The molecule has 0 aliphatic heterocycles. The molecular weight excluding hydrogens is 206 g/mol. The second-order valence-corrected chi connectivity index (χ2v) is 4.25. The first-order valence-corrected chi connectivity index (χ1v) is 5.63. The van der Waals surface area contributed by atoms with Gasteiger partial charge < -0.3 is 15.5 Å². The Morgan fingerprint density at radius 1 is 1.44 bits per heavy atom. The van der Waals surface area contributed by atoms with Gasteiger partial charge in [-0.25, -0.2) is 0 Å². The number of nitrogens with one attached hydrogen (secondary N) is 1. The summed E-state index contributed by atoms with van der Waals surface area (Å²) >= 11 is 0. The van der Waals surface area contributed by atoms with Crippen molar-refractivity contribution in [3.8, 4) is 0 Å². The first kappa shape index (κ1) is 13.2. The van der Waals surface area contributed by atoms with Crippen LogP contribution in [0.1, 0.15) is 19.4 Å². The van der Waals surface area contributed by atoms with Crippen LogP contribution in [0.2, 0.25) is 0 Å². The van der Waals surface area contributed by atoms with Crippen molar-refractivity contribution in [2.24, 2.45) is 5.92 Å². The van der Waals surface area contributed by atoms with E-state index in [0.717, 1.165) is 5.56 Å². The Morgan fingerprint density at radius 3 is 2.75 bits per heavy atom. The Hall–Kier alpha value is -0.910. The molecule has 0 fully saturated rings. The largest absolute Gasteiger partial charge is 0.395 e. The summed E-state index contributed by atoms with van der Waals surface area (Å²) in [6.45, 7) is 5.59. The van der Waals surface area contributed by atoms with E-state index in [4.69, 9.17) is 10.2 Å². The van der Waals surface area contributed by atoms with Gasteiger partial charge >= 0.3 is 0 Å². The van der Waals surface area contributed by atoms with E-state index < -0.39 is 0 Å². The topological polar surface area (TPSA) is 70.3 Å². The van der Waals surface area contributed by atoms with Crippen molar-refractivity contribution < 1.29 is 10.2 Å². The SMILES string of the molecule is CC(C)C(CO)NCc1cnn(CCO)c1. The highest BCUT2D eigenvalue weighted by Gasteiger charge is 2.11. The Morgan fingerprint density at radius 2 is 2.19 bits per heavy atom. The van der Waals surface area contributed by atoms with Crippen molar-refractivity contribution in [2.45, 2.75) is 33.0 Å². The van der Waals surface area contributed by atoms with Gasteiger partial charge in [-0.15, -0.1) is 0 Å². The molecule has 0 bridgehead atoms. The van der Waals surface area contributed by atoms with Crippen molar-refractivity contribution >= 4 is 0 Å². The third kappa shape index (κ3) is 3.92. The molecule has 1 aromatic heterocycles. The number of rotatable bonds is 7. The van der Waals surface area contributed by atoms with Gasteiger partial charge in [0.1, 0.15) is 0 Å². The third-order valence-electron chi connectivity index (χ3n) is 2.59. The summed E-state index contributed by atoms with van der Waals surface area (Å²) in [4.78, 5) is 0. The van der Waals surface area contributed by atoms with Gasteiger partial charge in [0.25, 0.3) is 0 Å². The van der Waals surface area contributed by atoms with E-state index in [1.807, 2.05) is 6.20 Å². The van der Waals surface area contributed by atoms with Crippen LogP contribution < -0.4 is 5.32 Å². The molecule has 1 rings (SSSR count). The summed E-state index contributed by atoms with van der Waals surface area (Å²) in [5, 5.41) is 25.3. The minimum Gasteiger partial charge on any atom is -0.395 e. The summed E-state index contributed by atoms with van der Waals surface area (Å²) in [7, 11) is 0. The van der Waals surface area contributed by atoms with E-state index in [9.17, 15) is 0 Å². The van der Waals surface area contributed by atoms with Crippen LogP contribution in [0, 0.1) is 5.92 Å². The number of hydrogen-bond acceptors (Lipinski definition) is 4. The number of nitrogens with zero attached hydrogens (tertiary/aromatic N) is 2. The number of aromatic nitrogens is 2. The van der Waals surface area contributed by atoms with Gasteiger partial charge in [0, 0.05) is 24.3 Å². The van der Waals surface area contributed by atoms with Crippen molar-refractivity contribution in [2.75, 3.05) is 13.2 Å². The molecule has 16 heavy (non-hydrogen) atoms. The van der Waals surface area contributed by atoms with E-state index in [0.29, 0.717) is 19.0 Å². The zero-order valence-corrected chi connectivity index (χ0v) is 9.93. The predicted molar refractivity (Wildman–Crippen MR) is 61.9 cm³/mol. The average Bonchev–Trinajstić information content (AvgIpc) is 2.67. The summed E-state index contributed by atoms with van der Waals surface area (Å²) in [6.07, 6.45) is 3.68. The molecule has 5 nitrogen and oxygen atoms in total. The summed E-state index contributed by atoms with van der Waals surface area (Å²) in [5.74, 6) is 0.400. The Bertz CT molecular complexity index is 299. The molecule has 5 heteroatoms. The quantitative estimate of drug-likeness (QED) is 0.612. The lowest BCUT2D eigenvalue weighted by atomic mass is 10.1. The highest BCUT2D eigenvalue weighted by Crippen LogP contribution is 2.03. The summed E-state index contributed by atoms with van der Waals surface area (Å²) in [5.41, 5.74) is 1.06. The second kappa shape index (κ2) is 6.62. The lowest BCUT2D eigenvalue weighted by molar-refractivity contribution is 0.210. The Labute approximate surface area is 96.1 Å². The third-order valence-corrected chi connectivity index (χ3v) is 2.59. The minimum atomic E-state index is 0.0970. The van der Waals surface area contributed by atoms with E-state index in [1.165, 1.54) is 0 Å². The smallest absolute Gasteiger partial charge is 0.0640 e. The van der Waals surface area contributed by atoms with Gasteiger partial charge in [-0.2, -0.15) is 5.10 Å². The fraction of sp³-hybridized carbons (Fsp3) is 0.727. The van der Waals surface area contributed by atoms with E-state index in [1.54, 1.807) is 10.9 Å². The van der Waals surface area contributed by atoms with Crippen LogP contribution in [-0.2, 0) is 13.1 Å². The molecule has 0 aliphatic rings. The van der Waals surface area contributed by atoms with Crippen LogP contribution in [0.4, 0.5) is 0 Å². The number of hydrogen-bond donors (Lipinski definition) is 3. The maximum Gasteiger partial charge on any atom is 0.0640 e. The summed E-state index contributed by atoms with van der Waals surface area (Å²) < 4.78 is 1.71. The number of aliphatic hydroxyl groups excluding tert-OH is 2. The molecule has 0 saturated heterocycles. The lowest BCUT2D eigenvalue weighted by Gasteiger charge is -2.19. The first-order chi connectivity index (χ1) is 7.67. The Balaban J connectivity index is 2.41. The molecule has 0 aliphatic carbocycles. The van der Waals surface area contributed by atoms with Crippen LogP contribution >= 0.6 is 0 Å². The fourth-order valence-corrected chi connectivity index (χ4v) is 1.48. The average molecular weight is 227 g/mol. The molecule has 0 spiro atoms. The monoisotopic (exact) mass is 227 g/mol. The molecule has 1 heterocycles. The predicted octanol–water partition coefficient (Wildman–Crippen LogP) is -0.0181. The van der Waals surface area contributed by atoms with Gasteiger partial charge in [-0.3, -0.25) is 4.68 Å². The van der Waals surface area contributed by atoms with Crippen LogP contribution in [-0.4, -0.2) is 39.2 Å². The zero-order valence-electron chi connectivity index (χ0n) is 9.93. The van der Waals surface area contributed by atoms with Crippen LogP contribution in [0.3, 0.4) is 0 Å². The van der Waals surface area contributed by atoms with Gasteiger partial charge in [0.15, 0.2) is 0 Å². The molecule has 0 radical (unpaired) electrons. The van der Waals surface area contributed by atoms with Gasteiger partial charge in [-0.1, -0.05) is 13.8 Å². The second-order valence-electron chi connectivity index (χ2n) is 4.25. The maximum atomic E-state index is 9.15. The van der Waals surface area contributed by atoms with Gasteiger partial charge in [-0.05, 0) is 5.92 Å². The highest BCUT2D eigenvalue weighted by atomic mass is 16.3. The van der Waals surface area contributed by atoms with Gasteiger partial charge in [0.2, 0.25) is 0 Å². The molecule has 1 aromatic rings. The van der Waals surface area contributed by atoms with E-state index in [-0.39, 0.29) is 19.3 Å². The van der Waals surface area contributed by atoms with Crippen molar-refractivity contribution in [1.82, 2.24) is 15.1 Å².